The highest BCUT2D eigenvalue weighted by molar-refractivity contribution is 5.94. The average Bonchev–Trinajstić information content (AvgIpc) is 3.14. The van der Waals surface area contributed by atoms with Gasteiger partial charge in [-0.15, -0.1) is 0 Å². The van der Waals surface area contributed by atoms with Crippen LogP contribution in [-0.2, 0) is 0 Å². The van der Waals surface area contributed by atoms with Gasteiger partial charge in [0.1, 0.15) is 0 Å². The van der Waals surface area contributed by atoms with Gasteiger partial charge in [-0.2, -0.15) is 0 Å². The number of aromatic nitrogens is 3. The molecule has 2 atom stereocenters. The Morgan fingerprint density at radius 3 is 2.68 bits per heavy atom. The number of nitrogens with zero attached hydrogens (tertiary/aromatic N) is 3. The van der Waals surface area contributed by atoms with Gasteiger partial charge in [0, 0.05) is 47.1 Å². The zero-order chi connectivity index (χ0) is 16.8. The molecule has 25 heavy (non-hydrogen) atoms. The molecular weight excluding hydrogens is 310 g/mol. The van der Waals surface area contributed by atoms with Crippen molar-refractivity contribution in [2.75, 3.05) is 18.4 Å². The Bertz CT molecular complexity index is 874. The summed E-state index contributed by atoms with van der Waals surface area (Å²) in [5.74, 6) is 1.49. The van der Waals surface area contributed by atoms with E-state index in [0.717, 1.165) is 22.9 Å². The number of nitrogens with one attached hydrogen (secondary N) is 2. The number of benzene rings is 1. The smallest absolute Gasteiger partial charge is 0.222 e. The van der Waals surface area contributed by atoms with Crippen molar-refractivity contribution in [2.24, 2.45) is 5.92 Å². The zero-order valence-electron chi connectivity index (χ0n) is 14.4. The van der Waals surface area contributed by atoms with Crippen molar-refractivity contribution in [3.63, 3.8) is 0 Å². The van der Waals surface area contributed by atoms with E-state index < -0.39 is 0 Å². The molecule has 0 radical (unpaired) electrons. The second-order valence-electron chi connectivity index (χ2n) is 7.32. The number of fused-ring (bicyclic) bond motifs is 4. The third-order valence-corrected chi connectivity index (χ3v) is 6.03. The topological polar surface area (TPSA) is 56.8 Å². The minimum atomic E-state index is 0.460. The molecule has 0 aliphatic carbocycles. The standard InChI is InChI=1S/C20H23N5/c1-13-19(14-6-9-25(13)10-7-14)24-20-22-11-15(12-23-20)16-3-2-4-18-17(16)5-8-21-18/h2-5,8,11-14,19,21H,6-7,9-10H2,1H3,(H,22,23,24)/t13-,19+/m1/s1. The van der Waals surface area contributed by atoms with Crippen molar-refractivity contribution in [1.29, 1.82) is 0 Å². The van der Waals surface area contributed by atoms with Crippen LogP contribution in [0.5, 0.6) is 0 Å². The van der Waals surface area contributed by atoms with Crippen molar-refractivity contribution in [2.45, 2.75) is 31.8 Å². The fourth-order valence-electron chi connectivity index (χ4n) is 4.57. The highest BCUT2D eigenvalue weighted by atomic mass is 15.2. The van der Waals surface area contributed by atoms with Crippen LogP contribution in [0.15, 0.2) is 42.9 Å². The summed E-state index contributed by atoms with van der Waals surface area (Å²) in [5, 5.41) is 4.81. The van der Waals surface area contributed by atoms with Gasteiger partial charge in [-0.05, 0) is 56.5 Å². The van der Waals surface area contributed by atoms with Gasteiger partial charge in [0.25, 0.3) is 0 Å². The van der Waals surface area contributed by atoms with Gasteiger partial charge in [-0.25, -0.2) is 9.97 Å². The van der Waals surface area contributed by atoms with Crippen LogP contribution in [-0.4, -0.2) is 45.0 Å². The summed E-state index contributed by atoms with van der Waals surface area (Å²) in [6, 6.07) is 9.40. The Morgan fingerprint density at radius 2 is 1.92 bits per heavy atom. The lowest BCUT2D eigenvalue weighted by Crippen LogP contribution is -2.59. The summed E-state index contributed by atoms with van der Waals surface area (Å²) in [4.78, 5) is 15.1. The quantitative estimate of drug-likeness (QED) is 0.770. The first kappa shape index (κ1) is 14.9. The maximum absolute atomic E-state index is 4.61. The summed E-state index contributed by atoms with van der Waals surface area (Å²) in [5.41, 5.74) is 3.36. The highest BCUT2D eigenvalue weighted by Crippen LogP contribution is 2.34. The van der Waals surface area contributed by atoms with E-state index in [1.165, 1.54) is 36.9 Å². The van der Waals surface area contributed by atoms with E-state index in [-0.39, 0.29) is 0 Å². The first-order valence-corrected chi connectivity index (χ1v) is 9.19. The molecule has 5 heterocycles. The fourth-order valence-corrected chi connectivity index (χ4v) is 4.57. The Hall–Kier alpha value is -2.40. The molecular formula is C20H23N5. The molecule has 5 nitrogen and oxygen atoms in total. The summed E-state index contributed by atoms with van der Waals surface area (Å²) in [6.07, 6.45) is 8.41. The summed E-state index contributed by atoms with van der Waals surface area (Å²) in [7, 11) is 0. The van der Waals surface area contributed by atoms with Crippen molar-refractivity contribution < 1.29 is 0 Å². The lowest BCUT2D eigenvalue weighted by molar-refractivity contribution is 0.0455. The Morgan fingerprint density at radius 1 is 1.12 bits per heavy atom. The second kappa shape index (κ2) is 5.85. The molecule has 0 spiro atoms. The maximum Gasteiger partial charge on any atom is 0.222 e. The van der Waals surface area contributed by atoms with Crippen LogP contribution in [0, 0.1) is 5.92 Å². The summed E-state index contributed by atoms with van der Waals surface area (Å²) < 4.78 is 0. The van der Waals surface area contributed by atoms with Crippen LogP contribution >= 0.6 is 0 Å². The van der Waals surface area contributed by atoms with Gasteiger partial charge in [0.05, 0.1) is 0 Å². The Balaban J connectivity index is 1.40. The van der Waals surface area contributed by atoms with Gasteiger partial charge in [-0.3, -0.25) is 4.90 Å². The van der Waals surface area contributed by atoms with E-state index in [2.05, 4.69) is 56.4 Å². The van der Waals surface area contributed by atoms with Gasteiger partial charge in [0.15, 0.2) is 0 Å². The van der Waals surface area contributed by atoms with Crippen molar-refractivity contribution in [3.8, 4) is 11.1 Å². The van der Waals surface area contributed by atoms with Gasteiger partial charge in [-0.1, -0.05) is 12.1 Å². The van der Waals surface area contributed by atoms with Gasteiger partial charge in [0.2, 0.25) is 5.95 Å². The molecule has 6 rings (SSSR count). The number of rotatable bonds is 3. The molecule has 1 aromatic carbocycles. The number of anilines is 1. The molecule has 2 N–H and O–H groups in total. The number of hydrogen-bond donors (Lipinski definition) is 2. The van der Waals surface area contributed by atoms with Crippen molar-refractivity contribution >= 4 is 16.9 Å². The molecule has 0 unspecified atom stereocenters. The minimum Gasteiger partial charge on any atom is -0.361 e. The number of aromatic amines is 1. The average molecular weight is 333 g/mol. The Kier molecular flexibility index (Phi) is 3.48. The first-order valence-electron chi connectivity index (χ1n) is 9.19. The number of H-pyrrole nitrogens is 1. The predicted molar refractivity (Wildman–Crippen MR) is 100 cm³/mol. The van der Waals surface area contributed by atoms with E-state index in [9.17, 15) is 0 Å². The Labute approximate surface area is 147 Å². The van der Waals surface area contributed by atoms with E-state index in [1.807, 2.05) is 18.6 Å². The SMILES string of the molecule is C[C@@H]1[C@H](Nc2ncc(-c3cccc4[nH]ccc34)cn2)C2CCN1CC2. The monoisotopic (exact) mass is 333 g/mol. The van der Waals surface area contributed by atoms with Crippen LogP contribution in [0.1, 0.15) is 19.8 Å². The molecule has 3 saturated heterocycles. The molecule has 3 aliphatic rings. The third-order valence-electron chi connectivity index (χ3n) is 6.03. The normalized spacial score (nSPS) is 28.4. The molecule has 3 fully saturated rings. The van der Waals surface area contributed by atoms with Gasteiger partial charge >= 0.3 is 0 Å². The largest absolute Gasteiger partial charge is 0.361 e. The molecule has 128 valence electrons. The van der Waals surface area contributed by atoms with E-state index in [4.69, 9.17) is 0 Å². The van der Waals surface area contributed by atoms with Crippen LogP contribution in [0.4, 0.5) is 5.95 Å². The molecule has 3 aliphatic heterocycles. The van der Waals surface area contributed by atoms with Crippen molar-refractivity contribution in [3.05, 3.63) is 42.9 Å². The lowest BCUT2D eigenvalue weighted by Gasteiger charge is -2.49. The highest BCUT2D eigenvalue weighted by Gasteiger charge is 2.39. The van der Waals surface area contributed by atoms with Crippen LogP contribution < -0.4 is 5.32 Å². The molecule has 0 saturated carbocycles. The number of piperidine rings is 3. The lowest BCUT2D eigenvalue weighted by atomic mass is 9.79. The fraction of sp³-hybridized carbons (Fsp3) is 0.400. The van der Waals surface area contributed by atoms with Crippen LogP contribution in [0.3, 0.4) is 0 Å². The van der Waals surface area contributed by atoms with E-state index >= 15 is 0 Å². The van der Waals surface area contributed by atoms with E-state index in [0.29, 0.717) is 12.1 Å². The predicted octanol–water partition coefficient (Wildman–Crippen LogP) is 3.52. The van der Waals surface area contributed by atoms with Gasteiger partial charge < -0.3 is 10.3 Å². The molecule has 3 aromatic rings. The summed E-state index contributed by atoms with van der Waals surface area (Å²) >= 11 is 0. The van der Waals surface area contributed by atoms with E-state index in [1.54, 1.807) is 0 Å². The molecule has 0 amide bonds. The minimum absolute atomic E-state index is 0.460. The maximum atomic E-state index is 4.61. The van der Waals surface area contributed by atoms with Crippen molar-refractivity contribution in [1.82, 2.24) is 19.9 Å². The molecule has 5 heteroatoms. The molecule has 2 aromatic heterocycles. The zero-order valence-corrected chi connectivity index (χ0v) is 14.4. The third kappa shape index (κ3) is 2.50. The molecule has 2 bridgehead atoms. The summed E-state index contributed by atoms with van der Waals surface area (Å²) in [6.45, 7) is 4.80. The first-order chi connectivity index (χ1) is 12.3. The second-order valence-corrected chi connectivity index (χ2v) is 7.32. The van der Waals surface area contributed by atoms with Crippen LogP contribution in [0.2, 0.25) is 0 Å². The number of hydrogen-bond acceptors (Lipinski definition) is 4. The van der Waals surface area contributed by atoms with Crippen LogP contribution in [0.25, 0.3) is 22.0 Å².